The minimum Gasteiger partial charge on any atom is -0.507 e. The number of aromatic hydroxyl groups is 4. The lowest BCUT2D eigenvalue weighted by atomic mass is 9.78. The van der Waals surface area contributed by atoms with E-state index >= 15 is 0 Å². The molecule has 8 aromatic rings. The molecule has 4 aromatic carbocycles. The van der Waals surface area contributed by atoms with Gasteiger partial charge in [0, 0.05) is 0 Å². The lowest BCUT2D eigenvalue weighted by Gasteiger charge is -2.28. The highest BCUT2D eigenvalue weighted by molar-refractivity contribution is 5.52. The van der Waals surface area contributed by atoms with E-state index < -0.39 is 68.3 Å². The summed E-state index contributed by atoms with van der Waals surface area (Å²) in [5.74, 6) is 0.838. The van der Waals surface area contributed by atoms with Crippen LogP contribution in [0.15, 0.2) is 205 Å². The fraction of sp³-hybridized carbons (Fsp3) is 0.447. The molecule has 28 heteroatoms. The van der Waals surface area contributed by atoms with Crippen molar-refractivity contribution in [2.24, 2.45) is 0 Å². The molecule has 122 heavy (non-hydrogen) atoms. The Morgan fingerprint density at radius 1 is 0.254 bits per heavy atom. The van der Waals surface area contributed by atoms with E-state index in [-0.39, 0.29) is 134 Å². The lowest BCUT2D eigenvalue weighted by molar-refractivity contribution is 0.421. The molecule has 8 rings (SSSR count). The summed E-state index contributed by atoms with van der Waals surface area (Å²) in [6.07, 6.45) is 5.73. The van der Waals surface area contributed by atoms with Crippen molar-refractivity contribution in [2.45, 2.75) is 277 Å². The third-order valence-electron chi connectivity index (χ3n) is 19.8. The fourth-order valence-corrected chi connectivity index (χ4v) is 13.7. The molecule has 0 saturated carbocycles. The smallest absolute Gasteiger partial charge is 0.336 e. The van der Waals surface area contributed by atoms with Crippen LogP contribution in [0.4, 0.5) is 0 Å². The van der Waals surface area contributed by atoms with Crippen LogP contribution in [0.3, 0.4) is 0 Å². The quantitative estimate of drug-likeness (QED) is 0.0408. The van der Waals surface area contributed by atoms with Crippen LogP contribution in [0.2, 0.25) is 0 Å². The summed E-state index contributed by atoms with van der Waals surface area (Å²) in [5.41, 5.74) is 0.615. The molecule has 0 bridgehead atoms. The van der Waals surface area contributed by atoms with E-state index in [1.165, 1.54) is 24.3 Å². The predicted molar refractivity (Wildman–Crippen MR) is 487 cm³/mol. The molecule has 4 aromatic heterocycles. The summed E-state index contributed by atoms with van der Waals surface area (Å²) >= 11 is 0. The molecular weight excluding hydrogens is 1550 g/mol. The predicted octanol–water partition coefficient (Wildman–Crippen LogP) is 11.2. The number of hydrogen-bond acceptors (Lipinski definition) is 16. The Labute approximate surface area is 712 Å². The maximum Gasteiger partial charge on any atom is 0.336 e. The summed E-state index contributed by atoms with van der Waals surface area (Å²) < 4.78 is 12.2. The standard InChI is InChI=1S/C26H37N3O4.C24H33N3O4.C23H31N3O4.C21H27N3O4/c1-16(2)13-27-22(31)28(14-17(3)4)24(33)29(23(27)32)15-18-11-19(25(5,6)7)21(30)20(12-18)26(8,9)10;1-9-11-25-20(29)26(12-10-2)22(31)27(21(25)30)15-16-13-17(23(3,4)5)19(28)18(14-16)24(6,7)8;1-14(2)11-24-20(28)25(12-15(3)4)22(30)26(21(24)29)13-17-9-16(5)19(27)18(10-17)23(6,7)8;1-7-9-22-18(26)23(10-8-2)20(28)24(19(22)27)13-15-11-14(3)17(25)16(12-15)21(4,5)6/h11-12,30H,1,3,13-15H2,2,4-10H3;9-10,13-14,28H,1-2,11-12,15H2,3-8H3;9-10,27H,1,3,11-13H2,2,4-8H3;7-8,11-12,25H,1-2,9-10,13H2,3-6H3. The summed E-state index contributed by atoms with van der Waals surface area (Å²) in [5, 5.41) is 42.8. The van der Waals surface area contributed by atoms with Crippen LogP contribution < -0.4 is 68.3 Å². The van der Waals surface area contributed by atoms with Crippen molar-refractivity contribution in [3.05, 3.63) is 340 Å². The van der Waals surface area contributed by atoms with Gasteiger partial charge in [-0.1, -0.05) is 210 Å². The lowest BCUT2D eigenvalue weighted by Crippen LogP contribution is -2.54. The van der Waals surface area contributed by atoms with E-state index in [1.807, 2.05) is 149 Å². The molecule has 4 N–H and O–H groups in total. The van der Waals surface area contributed by atoms with Gasteiger partial charge >= 0.3 is 68.3 Å². The normalized spacial score (nSPS) is 11.8. The summed E-state index contributed by atoms with van der Waals surface area (Å²) in [6.45, 7) is 75.6. The summed E-state index contributed by atoms with van der Waals surface area (Å²) in [6, 6.07) is 14.3. The number of aryl methyl sites for hydroxylation is 2. The Bertz CT molecular complexity index is 5970. The number of hydrogen-bond donors (Lipinski definition) is 4. The van der Waals surface area contributed by atoms with Crippen molar-refractivity contribution in [1.82, 2.24) is 54.8 Å². The minimum atomic E-state index is -0.696. The monoisotopic (exact) mass is 1680 g/mol. The van der Waals surface area contributed by atoms with Gasteiger partial charge in [-0.25, -0.2) is 112 Å². The van der Waals surface area contributed by atoms with E-state index in [2.05, 4.69) is 52.6 Å². The molecule has 0 saturated heterocycles. The van der Waals surface area contributed by atoms with Crippen LogP contribution in [-0.4, -0.2) is 75.2 Å². The van der Waals surface area contributed by atoms with E-state index in [1.54, 1.807) is 65.8 Å². The Kier molecular flexibility index (Phi) is 32.0. The van der Waals surface area contributed by atoms with E-state index in [0.717, 1.165) is 88.2 Å². The maximum absolute atomic E-state index is 13.2. The molecule has 0 aliphatic heterocycles. The van der Waals surface area contributed by atoms with Gasteiger partial charge < -0.3 is 20.4 Å². The van der Waals surface area contributed by atoms with Crippen LogP contribution in [0, 0.1) is 13.8 Å². The minimum absolute atomic E-state index is 0.00304. The largest absolute Gasteiger partial charge is 0.507 e. The number of nitrogens with zero attached hydrogens (tertiary/aromatic N) is 12. The topological polar surface area (TPSA) is 345 Å². The van der Waals surface area contributed by atoms with Gasteiger partial charge in [-0.15, -0.1) is 26.3 Å². The zero-order valence-electron chi connectivity index (χ0n) is 76.1. The Balaban J connectivity index is 0.000000290. The number of allylic oxidation sites excluding steroid dienone is 8. The van der Waals surface area contributed by atoms with Gasteiger partial charge in [-0.05, 0) is 177 Å². The molecule has 0 spiro atoms. The Morgan fingerprint density at radius 3 is 0.549 bits per heavy atom. The average Bonchev–Trinajstić information content (AvgIpc) is 0.793. The van der Waals surface area contributed by atoms with Gasteiger partial charge in [-0.3, -0.25) is 0 Å². The van der Waals surface area contributed by atoms with Crippen molar-refractivity contribution < 1.29 is 20.4 Å². The van der Waals surface area contributed by atoms with E-state index in [4.69, 9.17) is 0 Å². The third-order valence-corrected chi connectivity index (χ3v) is 19.8. The second-order valence-electron chi connectivity index (χ2n) is 37.7. The third kappa shape index (κ3) is 23.6. The van der Waals surface area contributed by atoms with Gasteiger partial charge in [0.2, 0.25) is 0 Å². The zero-order valence-corrected chi connectivity index (χ0v) is 76.1. The molecule has 28 nitrogen and oxygen atoms in total. The van der Waals surface area contributed by atoms with Crippen molar-refractivity contribution >= 4 is 0 Å². The molecule has 0 amide bonds. The highest BCUT2D eigenvalue weighted by atomic mass is 16.3. The number of phenols is 4. The van der Waals surface area contributed by atoms with Crippen molar-refractivity contribution in [1.29, 1.82) is 0 Å². The van der Waals surface area contributed by atoms with Crippen LogP contribution in [0.1, 0.15) is 219 Å². The second-order valence-corrected chi connectivity index (χ2v) is 37.7. The van der Waals surface area contributed by atoms with Gasteiger partial charge in [0.1, 0.15) is 23.0 Å². The van der Waals surface area contributed by atoms with E-state index in [0.29, 0.717) is 55.7 Å². The number of benzene rings is 4. The van der Waals surface area contributed by atoms with Gasteiger partial charge in [0.15, 0.2) is 0 Å². The van der Waals surface area contributed by atoms with Crippen LogP contribution >= 0.6 is 0 Å². The first-order chi connectivity index (χ1) is 55.9. The molecule has 660 valence electrons. The molecule has 0 unspecified atom stereocenters. The fourth-order valence-electron chi connectivity index (χ4n) is 13.7. The second kappa shape index (κ2) is 39.0. The molecule has 0 fully saturated rings. The SMILES string of the molecule is C=C(C)Cn1c(=O)n(CC(=C)C)c(=O)n(Cc2cc(C(C)(C)C)c(O)c(C(C)(C)C)c2)c1=O.C=C(C)Cn1c(=O)n(CC(=C)C)c(=O)n(Cc2cc(C)c(O)c(C(C)(C)C)c2)c1=O.C=CCn1c(=O)n(CC=C)c(=O)n(Cc2cc(C(C)(C)C)c(O)c(C(C)(C)C)c2)c1=O.C=CCn1c(=O)n(CC=C)c(=O)n(Cc2cc(C)c(O)c(C(C)(C)C)c2)c1=O. The first-order valence-electron chi connectivity index (χ1n) is 40.1. The first kappa shape index (κ1) is 100. The van der Waals surface area contributed by atoms with Crippen LogP contribution in [0.5, 0.6) is 23.0 Å². The number of phenolic OH excluding ortho intramolecular Hbond substituents is 4. The molecule has 0 atom stereocenters. The summed E-state index contributed by atoms with van der Waals surface area (Å²) in [7, 11) is 0. The van der Waals surface area contributed by atoms with Gasteiger partial charge in [0.25, 0.3) is 0 Å². The molecular formula is C94H128N12O16. The average molecular weight is 1680 g/mol. The molecule has 0 radical (unpaired) electrons. The van der Waals surface area contributed by atoms with Crippen molar-refractivity contribution in [3.8, 4) is 23.0 Å². The molecule has 0 aliphatic carbocycles. The maximum atomic E-state index is 13.2. The number of rotatable bonds is 24. The zero-order chi connectivity index (χ0) is 93.4. The Morgan fingerprint density at radius 2 is 0.393 bits per heavy atom. The van der Waals surface area contributed by atoms with E-state index in [9.17, 15) is 78.0 Å². The summed E-state index contributed by atoms with van der Waals surface area (Å²) in [4.78, 5) is 155. The molecule has 0 aliphatic rings. The number of aromatic nitrogens is 12. The Hall–Kier alpha value is -12.4. The van der Waals surface area contributed by atoms with Crippen molar-refractivity contribution in [2.75, 3.05) is 0 Å². The van der Waals surface area contributed by atoms with Gasteiger partial charge in [0.05, 0.1) is 78.5 Å². The highest BCUT2D eigenvalue weighted by Gasteiger charge is 2.31. The van der Waals surface area contributed by atoms with Gasteiger partial charge in [-0.2, -0.15) is 0 Å². The van der Waals surface area contributed by atoms with Crippen molar-refractivity contribution in [3.63, 3.8) is 0 Å². The first-order valence-corrected chi connectivity index (χ1v) is 40.1. The van der Waals surface area contributed by atoms with Crippen LogP contribution in [0.25, 0.3) is 0 Å². The molecule has 4 heterocycles. The highest BCUT2D eigenvalue weighted by Crippen LogP contribution is 2.42. The van der Waals surface area contributed by atoms with Crippen LogP contribution in [-0.2, 0) is 111 Å².